The number of rotatable bonds is 11. The molecule has 3 heteroatoms. The van der Waals surface area contributed by atoms with Crippen LogP contribution < -0.4 is 0 Å². The van der Waals surface area contributed by atoms with Crippen LogP contribution in [0.3, 0.4) is 0 Å². The second-order valence-electron chi connectivity index (χ2n) is 6.06. The molecule has 0 bridgehead atoms. The number of phenolic OH excluding ortho intramolecular Hbond substituents is 2. The molecule has 0 radical (unpaired) electrons. The van der Waals surface area contributed by atoms with Crippen LogP contribution >= 0.6 is 0 Å². The van der Waals surface area contributed by atoms with Crippen LogP contribution in [0, 0.1) is 0 Å². The summed E-state index contributed by atoms with van der Waals surface area (Å²) in [5, 5.41) is 28.2. The third kappa shape index (κ3) is 9.21. The molecular weight excluding hydrogens is 300 g/mol. The van der Waals surface area contributed by atoms with Gasteiger partial charge >= 0.3 is 0 Å². The first kappa shape index (κ1) is 20.0. The first-order valence-electron chi connectivity index (χ1n) is 8.77. The lowest BCUT2D eigenvalue weighted by Gasteiger charge is -2.05. The number of aromatic hydroxyl groups is 2. The number of unbranched alkanes of at least 4 members (excludes halogenated alkanes) is 4. The van der Waals surface area contributed by atoms with Crippen molar-refractivity contribution < 1.29 is 15.3 Å². The van der Waals surface area contributed by atoms with E-state index in [9.17, 15) is 10.2 Å². The molecule has 24 heavy (non-hydrogen) atoms. The van der Waals surface area contributed by atoms with Crippen molar-refractivity contribution in [3.63, 3.8) is 0 Å². The van der Waals surface area contributed by atoms with Crippen molar-refractivity contribution in [1.29, 1.82) is 0 Å². The molecule has 1 unspecified atom stereocenters. The second-order valence-corrected chi connectivity index (χ2v) is 6.06. The third-order valence-electron chi connectivity index (χ3n) is 3.75. The fourth-order valence-corrected chi connectivity index (χ4v) is 2.37. The number of aliphatic hydroxyl groups is 1. The van der Waals surface area contributed by atoms with Crippen LogP contribution in [0.1, 0.15) is 51.0 Å². The maximum atomic E-state index is 9.72. The van der Waals surface area contributed by atoms with Crippen molar-refractivity contribution in [1.82, 2.24) is 0 Å². The highest BCUT2D eigenvalue weighted by atomic mass is 16.3. The van der Waals surface area contributed by atoms with Gasteiger partial charge in [0.1, 0.15) is 0 Å². The molecular formula is C21H30O3. The molecule has 1 aromatic carbocycles. The molecule has 0 aliphatic rings. The highest BCUT2D eigenvalue weighted by molar-refractivity contribution is 5.44. The summed E-state index contributed by atoms with van der Waals surface area (Å²) in [6.45, 7) is 1.78. The highest BCUT2D eigenvalue weighted by Crippen LogP contribution is 2.29. The molecule has 3 nitrogen and oxygen atoms in total. The average molecular weight is 330 g/mol. The topological polar surface area (TPSA) is 60.7 Å². The van der Waals surface area contributed by atoms with Gasteiger partial charge in [-0.15, -0.1) is 0 Å². The molecule has 0 fully saturated rings. The second kappa shape index (κ2) is 12.4. The summed E-state index contributed by atoms with van der Waals surface area (Å²) in [7, 11) is 0. The molecule has 132 valence electrons. The maximum absolute atomic E-state index is 9.72. The molecule has 0 spiro atoms. The summed E-state index contributed by atoms with van der Waals surface area (Å²) >= 11 is 0. The number of benzene rings is 1. The number of aliphatic hydroxyl groups excluding tert-OH is 1. The number of hydrogen-bond donors (Lipinski definition) is 3. The van der Waals surface area contributed by atoms with E-state index in [2.05, 4.69) is 12.2 Å². The predicted octanol–water partition coefficient (Wildman–Crippen LogP) is 5.03. The van der Waals surface area contributed by atoms with Crippen LogP contribution in [0.4, 0.5) is 0 Å². The first-order chi connectivity index (χ1) is 11.6. The van der Waals surface area contributed by atoms with Crippen molar-refractivity contribution in [2.24, 2.45) is 0 Å². The Kier molecular flexibility index (Phi) is 10.4. The monoisotopic (exact) mass is 330 g/mol. The summed E-state index contributed by atoms with van der Waals surface area (Å²) in [5.41, 5.74) is 0.823. The Morgan fingerprint density at radius 2 is 1.62 bits per heavy atom. The summed E-state index contributed by atoms with van der Waals surface area (Å²) in [4.78, 5) is 0. The van der Waals surface area contributed by atoms with Gasteiger partial charge in [0.15, 0.2) is 11.5 Å². The summed E-state index contributed by atoms with van der Waals surface area (Å²) in [6, 6.07) is 5.13. The smallest absolute Gasteiger partial charge is 0.160 e. The fourth-order valence-electron chi connectivity index (χ4n) is 2.37. The van der Waals surface area contributed by atoms with Crippen LogP contribution in [0.5, 0.6) is 11.5 Å². The SMILES string of the molecule is CC(O)C\C=C/C=C\C=C\CCCCCCc1cccc(O)c1O. The third-order valence-corrected chi connectivity index (χ3v) is 3.75. The zero-order chi connectivity index (χ0) is 17.6. The van der Waals surface area contributed by atoms with Gasteiger partial charge in [0.2, 0.25) is 0 Å². The molecule has 1 aromatic rings. The zero-order valence-corrected chi connectivity index (χ0v) is 14.6. The van der Waals surface area contributed by atoms with Gasteiger partial charge in [0.25, 0.3) is 0 Å². The predicted molar refractivity (Wildman–Crippen MR) is 100 cm³/mol. The molecule has 0 saturated heterocycles. The molecule has 0 aromatic heterocycles. The molecule has 0 saturated carbocycles. The minimum atomic E-state index is -0.276. The number of allylic oxidation sites excluding steroid dienone is 5. The van der Waals surface area contributed by atoms with Crippen LogP contribution in [0.15, 0.2) is 54.7 Å². The van der Waals surface area contributed by atoms with E-state index in [1.807, 2.05) is 30.4 Å². The molecule has 3 N–H and O–H groups in total. The van der Waals surface area contributed by atoms with E-state index in [1.54, 1.807) is 13.0 Å². The molecule has 1 atom stereocenters. The fraction of sp³-hybridized carbons (Fsp3) is 0.429. The number of hydrogen-bond acceptors (Lipinski definition) is 3. The van der Waals surface area contributed by atoms with E-state index in [-0.39, 0.29) is 17.6 Å². The van der Waals surface area contributed by atoms with Crippen LogP contribution in [0.2, 0.25) is 0 Å². The van der Waals surface area contributed by atoms with Crippen LogP contribution in [-0.4, -0.2) is 21.4 Å². The molecule has 0 amide bonds. The lowest BCUT2D eigenvalue weighted by atomic mass is 10.0. The Hall–Kier alpha value is -2.00. The Morgan fingerprint density at radius 3 is 2.38 bits per heavy atom. The van der Waals surface area contributed by atoms with Gasteiger partial charge in [0.05, 0.1) is 6.10 Å². The van der Waals surface area contributed by atoms with Gasteiger partial charge < -0.3 is 15.3 Å². The highest BCUT2D eigenvalue weighted by Gasteiger charge is 2.04. The van der Waals surface area contributed by atoms with Crippen LogP contribution in [-0.2, 0) is 6.42 Å². The Labute approximate surface area is 145 Å². The minimum absolute atomic E-state index is 0.0229. The summed E-state index contributed by atoms with van der Waals surface area (Å²) < 4.78 is 0. The zero-order valence-electron chi connectivity index (χ0n) is 14.6. The van der Waals surface area contributed by atoms with Gasteiger partial charge in [0, 0.05) is 0 Å². The van der Waals surface area contributed by atoms with Gasteiger partial charge in [-0.2, -0.15) is 0 Å². The van der Waals surface area contributed by atoms with Crippen molar-refractivity contribution in [3.05, 3.63) is 60.2 Å². The van der Waals surface area contributed by atoms with Crippen molar-refractivity contribution in [2.45, 2.75) is 58.0 Å². The minimum Gasteiger partial charge on any atom is -0.504 e. The standard InChI is InChI=1S/C21H30O3/c1-18(22)14-11-9-7-5-3-2-4-6-8-10-12-15-19-16-13-17-20(23)21(19)24/h2-3,5,7,9,11,13,16-18,22-24H,4,6,8,10,12,14-15H2,1H3/b3-2+,7-5-,11-9-. The first-order valence-corrected chi connectivity index (χ1v) is 8.77. The van der Waals surface area contributed by atoms with Crippen molar-refractivity contribution in [2.75, 3.05) is 0 Å². The van der Waals surface area contributed by atoms with Crippen LogP contribution in [0.25, 0.3) is 0 Å². The summed E-state index contributed by atoms with van der Waals surface area (Å²) in [5.74, 6) is -0.0128. The maximum Gasteiger partial charge on any atom is 0.160 e. The van der Waals surface area contributed by atoms with Crippen molar-refractivity contribution in [3.8, 4) is 11.5 Å². The Morgan fingerprint density at radius 1 is 0.917 bits per heavy atom. The largest absolute Gasteiger partial charge is 0.504 e. The van der Waals surface area contributed by atoms with Gasteiger partial charge in [-0.05, 0) is 50.7 Å². The molecule has 0 aliphatic heterocycles. The molecule has 0 aliphatic carbocycles. The van der Waals surface area contributed by atoms with E-state index < -0.39 is 0 Å². The normalized spacial score (nSPS) is 13.4. The Balaban J connectivity index is 2.04. The number of para-hydroxylation sites is 1. The number of aryl methyl sites for hydroxylation is 1. The van der Waals surface area contributed by atoms with Gasteiger partial charge in [-0.25, -0.2) is 0 Å². The van der Waals surface area contributed by atoms with E-state index >= 15 is 0 Å². The van der Waals surface area contributed by atoms with E-state index in [0.29, 0.717) is 6.42 Å². The number of phenols is 2. The average Bonchev–Trinajstić information content (AvgIpc) is 2.55. The van der Waals surface area contributed by atoms with E-state index in [0.717, 1.165) is 37.7 Å². The Bertz CT molecular complexity index is 542. The molecule has 1 rings (SSSR count). The summed E-state index contributed by atoms with van der Waals surface area (Å²) in [6.07, 6.45) is 18.9. The van der Waals surface area contributed by atoms with E-state index in [4.69, 9.17) is 5.11 Å². The van der Waals surface area contributed by atoms with Gasteiger partial charge in [-0.1, -0.05) is 61.4 Å². The van der Waals surface area contributed by atoms with Crippen molar-refractivity contribution >= 4 is 0 Å². The quantitative estimate of drug-likeness (QED) is 0.303. The lowest BCUT2D eigenvalue weighted by Crippen LogP contribution is -1.94. The molecule has 0 heterocycles. The van der Waals surface area contributed by atoms with Gasteiger partial charge in [-0.3, -0.25) is 0 Å². The lowest BCUT2D eigenvalue weighted by molar-refractivity contribution is 0.198. The van der Waals surface area contributed by atoms with E-state index in [1.165, 1.54) is 12.5 Å².